The number of pyridine rings is 1. The van der Waals surface area contributed by atoms with Crippen molar-refractivity contribution >= 4 is 17.2 Å². The van der Waals surface area contributed by atoms with E-state index in [1.54, 1.807) is 6.20 Å². The second-order valence-corrected chi connectivity index (χ2v) is 8.17. The van der Waals surface area contributed by atoms with E-state index in [0.29, 0.717) is 4.88 Å². The van der Waals surface area contributed by atoms with Gasteiger partial charge in [-0.15, -0.1) is 11.3 Å². The standard InChI is InChI=1S/C22H25N3O2S/c1-3-16-11-12-19(27-16)18-10-5-4-8-14-25(18)22(26)20-15(2)24-21(28-20)17-9-6-7-13-23-17/h6-7,9,11-13,18H,3-5,8,10,14H2,1-2H3/t18-/m0/s1. The highest BCUT2D eigenvalue weighted by molar-refractivity contribution is 7.17. The maximum Gasteiger partial charge on any atom is 0.266 e. The van der Waals surface area contributed by atoms with Gasteiger partial charge in [0.2, 0.25) is 0 Å². The third kappa shape index (κ3) is 3.74. The molecule has 6 heteroatoms. The summed E-state index contributed by atoms with van der Waals surface area (Å²) in [6, 6.07) is 9.80. The Bertz CT molecular complexity index is 948. The molecule has 0 radical (unpaired) electrons. The lowest BCUT2D eigenvalue weighted by Crippen LogP contribution is -2.34. The average Bonchev–Trinajstić information content (AvgIpc) is 3.28. The Labute approximate surface area is 169 Å². The van der Waals surface area contributed by atoms with Crippen LogP contribution in [0.5, 0.6) is 0 Å². The molecule has 146 valence electrons. The minimum absolute atomic E-state index is 0.00454. The molecule has 1 amide bonds. The summed E-state index contributed by atoms with van der Waals surface area (Å²) in [7, 11) is 0. The highest BCUT2D eigenvalue weighted by Crippen LogP contribution is 2.35. The minimum Gasteiger partial charge on any atom is -0.464 e. The van der Waals surface area contributed by atoms with Crippen molar-refractivity contribution in [2.24, 2.45) is 0 Å². The molecule has 0 saturated carbocycles. The SMILES string of the molecule is CCc1ccc([C@@H]2CCCCCN2C(=O)c2sc(-c3ccccn3)nc2C)o1. The summed E-state index contributed by atoms with van der Waals surface area (Å²) in [6.45, 7) is 4.74. The molecule has 0 spiro atoms. The molecular weight excluding hydrogens is 370 g/mol. The molecule has 0 bridgehead atoms. The minimum atomic E-state index is -0.00454. The van der Waals surface area contributed by atoms with Gasteiger partial charge in [-0.05, 0) is 44.0 Å². The summed E-state index contributed by atoms with van der Waals surface area (Å²) in [4.78, 5) is 25.2. The first-order valence-electron chi connectivity index (χ1n) is 9.95. The zero-order valence-electron chi connectivity index (χ0n) is 16.4. The van der Waals surface area contributed by atoms with E-state index in [-0.39, 0.29) is 11.9 Å². The molecule has 28 heavy (non-hydrogen) atoms. The molecule has 1 atom stereocenters. The Morgan fingerprint density at radius 1 is 1.25 bits per heavy atom. The van der Waals surface area contributed by atoms with Gasteiger partial charge < -0.3 is 9.32 Å². The van der Waals surface area contributed by atoms with Crippen molar-refractivity contribution in [2.75, 3.05) is 6.54 Å². The zero-order chi connectivity index (χ0) is 19.5. The molecule has 0 aromatic carbocycles. The van der Waals surface area contributed by atoms with Crippen molar-refractivity contribution in [1.29, 1.82) is 0 Å². The normalized spacial score (nSPS) is 17.5. The van der Waals surface area contributed by atoms with Gasteiger partial charge in [0.15, 0.2) is 0 Å². The van der Waals surface area contributed by atoms with Gasteiger partial charge in [-0.3, -0.25) is 9.78 Å². The van der Waals surface area contributed by atoms with Gasteiger partial charge in [0, 0.05) is 19.2 Å². The monoisotopic (exact) mass is 395 g/mol. The molecule has 3 aromatic rings. The van der Waals surface area contributed by atoms with Crippen molar-refractivity contribution in [2.45, 2.75) is 52.0 Å². The van der Waals surface area contributed by atoms with Crippen LogP contribution in [0, 0.1) is 6.92 Å². The van der Waals surface area contributed by atoms with Crippen molar-refractivity contribution in [3.63, 3.8) is 0 Å². The predicted molar refractivity (Wildman–Crippen MR) is 110 cm³/mol. The quantitative estimate of drug-likeness (QED) is 0.591. The van der Waals surface area contributed by atoms with Crippen molar-refractivity contribution < 1.29 is 9.21 Å². The fraction of sp³-hybridized carbons (Fsp3) is 0.409. The van der Waals surface area contributed by atoms with Gasteiger partial charge in [0.05, 0.1) is 17.4 Å². The van der Waals surface area contributed by atoms with E-state index >= 15 is 0 Å². The summed E-state index contributed by atoms with van der Waals surface area (Å²) in [5.41, 5.74) is 1.58. The van der Waals surface area contributed by atoms with Crippen LogP contribution in [-0.2, 0) is 6.42 Å². The molecule has 4 rings (SSSR count). The molecule has 5 nitrogen and oxygen atoms in total. The topological polar surface area (TPSA) is 59.2 Å². The van der Waals surface area contributed by atoms with E-state index in [9.17, 15) is 4.79 Å². The number of aromatic nitrogens is 2. The summed E-state index contributed by atoms with van der Waals surface area (Å²) in [6.07, 6.45) is 6.82. The van der Waals surface area contributed by atoms with E-state index in [0.717, 1.165) is 66.6 Å². The number of likely N-dealkylation sites (tertiary alicyclic amines) is 1. The lowest BCUT2D eigenvalue weighted by Gasteiger charge is -2.28. The van der Waals surface area contributed by atoms with Crippen LogP contribution in [0.25, 0.3) is 10.7 Å². The van der Waals surface area contributed by atoms with Crippen LogP contribution in [0.1, 0.15) is 65.5 Å². The highest BCUT2D eigenvalue weighted by Gasteiger charge is 2.31. The Hall–Kier alpha value is -2.47. The Morgan fingerprint density at radius 3 is 2.89 bits per heavy atom. The Kier molecular flexibility index (Phi) is 5.57. The van der Waals surface area contributed by atoms with Crippen molar-refractivity contribution in [1.82, 2.24) is 14.9 Å². The number of furan rings is 1. The van der Waals surface area contributed by atoms with Gasteiger partial charge >= 0.3 is 0 Å². The van der Waals surface area contributed by atoms with Crippen LogP contribution in [0.3, 0.4) is 0 Å². The summed E-state index contributed by atoms with van der Waals surface area (Å²) in [5, 5.41) is 0.791. The van der Waals surface area contributed by atoms with E-state index in [4.69, 9.17) is 4.42 Å². The largest absolute Gasteiger partial charge is 0.464 e. The summed E-state index contributed by atoms with van der Waals surface area (Å²) < 4.78 is 6.03. The lowest BCUT2D eigenvalue weighted by molar-refractivity contribution is 0.0661. The number of aryl methyl sites for hydroxylation is 2. The molecule has 0 aliphatic carbocycles. The van der Waals surface area contributed by atoms with Crippen LogP contribution in [0.2, 0.25) is 0 Å². The van der Waals surface area contributed by atoms with Gasteiger partial charge in [0.1, 0.15) is 21.4 Å². The van der Waals surface area contributed by atoms with Crippen molar-refractivity contribution in [3.05, 3.63) is 58.6 Å². The first-order chi connectivity index (χ1) is 13.7. The lowest BCUT2D eigenvalue weighted by atomic mass is 10.1. The first-order valence-corrected chi connectivity index (χ1v) is 10.8. The molecule has 0 unspecified atom stereocenters. The molecule has 1 fully saturated rings. The van der Waals surface area contributed by atoms with E-state index in [1.807, 2.05) is 42.2 Å². The number of carbonyl (C=O) groups excluding carboxylic acids is 1. The molecule has 0 N–H and O–H groups in total. The predicted octanol–water partition coefficient (Wildman–Crippen LogP) is 5.43. The second-order valence-electron chi connectivity index (χ2n) is 7.17. The van der Waals surface area contributed by atoms with Crippen LogP contribution in [0.15, 0.2) is 40.9 Å². The number of hydrogen-bond acceptors (Lipinski definition) is 5. The van der Waals surface area contributed by atoms with E-state index in [2.05, 4.69) is 16.9 Å². The number of hydrogen-bond donors (Lipinski definition) is 0. The van der Waals surface area contributed by atoms with E-state index in [1.165, 1.54) is 11.3 Å². The number of rotatable bonds is 4. The fourth-order valence-electron chi connectivity index (χ4n) is 3.73. The fourth-order valence-corrected chi connectivity index (χ4v) is 4.73. The number of thiazole rings is 1. The van der Waals surface area contributed by atoms with E-state index < -0.39 is 0 Å². The van der Waals surface area contributed by atoms with Gasteiger partial charge in [-0.1, -0.05) is 25.8 Å². The van der Waals surface area contributed by atoms with Crippen LogP contribution >= 0.6 is 11.3 Å². The van der Waals surface area contributed by atoms with Gasteiger partial charge in [-0.2, -0.15) is 0 Å². The molecule has 1 aliphatic heterocycles. The van der Waals surface area contributed by atoms with Gasteiger partial charge in [-0.25, -0.2) is 4.98 Å². The Balaban J connectivity index is 1.65. The Morgan fingerprint density at radius 2 is 2.14 bits per heavy atom. The summed E-state index contributed by atoms with van der Waals surface area (Å²) in [5.74, 6) is 1.93. The first kappa shape index (κ1) is 18.9. The molecular formula is C22H25N3O2S. The molecule has 1 saturated heterocycles. The van der Waals surface area contributed by atoms with Crippen LogP contribution in [-0.4, -0.2) is 27.3 Å². The molecule has 1 aliphatic rings. The third-order valence-electron chi connectivity index (χ3n) is 5.25. The number of nitrogens with zero attached hydrogens (tertiary/aromatic N) is 3. The smallest absolute Gasteiger partial charge is 0.266 e. The van der Waals surface area contributed by atoms with Gasteiger partial charge in [0.25, 0.3) is 5.91 Å². The maximum absolute atomic E-state index is 13.5. The maximum atomic E-state index is 13.5. The third-order valence-corrected chi connectivity index (χ3v) is 6.42. The summed E-state index contributed by atoms with van der Waals surface area (Å²) >= 11 is 1.43. The zero-order valence-corrected chi connectivity index (χ0v) is 17.2. The second kappa shape index (κ2) is 8.27. The van der Waals surface area contributed by atoms with Crippen molar-refractivity contribution in [3.8, 4) is 10.7 Å². The molecule has 3 aromatic heterocycles. The number of amides is 1. The average molecular weight is 396 g/mol. The van der Waals surface area contributed by atoms with Crippen LogP contribution in [0.4, 0.5) is 0 Å². The molecule has 4 heterocycles. The number of carbonyl (C=O) groups is 1. The van der Waals surface area contributed by atoms with Crippen LogP contribution < -0.4 is 0 Å². The highest BCUT2D eigenvalue weighted by atomic mass is 32.1.